The van der Waals surface area contributed by atoms with Gasteiger partial charge in [0, 0.05) is 0 Å². The summed E-state index contributed by atoms with van der Waals surface area (Å²) in [6, 6.07) is 13.6. The maximum atomic E-state index is 11.3. The first-order valence-electron chi connectivity index (χ1n) is 6.37. The minimum Gasteiger partial charge on any atom is -0.414 e. The standard InChI is InChI=1S/C15H10N2O4/c18-13-14(19)17-15(16-13)20-11-7-6-10(8-12(11)21-15)9-4-2-1-3-5-9/h1-8H,(H,16,18)(H,17,19). The Morgan fingerprint density at radius 3 is 2.14 bits per heavy atom. The van der Waals surface area contributed by atoms with E-state index in [-0.39, 0.29) is 0 Å². The molecule has 2 aromatic rings. The van der Waals surface area contributed by atoms with Gasteiger partial charge >= 0.3 is 17.8 Å². The number of hydrogen-bond donors (Lipinski definition) is 2. The number of benzene rings is 2. The number of amides is 2. The van der Waals surface area contributed by atoms with Gasteiger partial charge in [-0.1, -0.05) is 36.4 Å². The van der Waals surface area contributed by atoms with Crippen molar-refractivity contribution in [3.63, 3.8) is 0 Å². The fourth-order valence-corrected chi connectivity index (χ4v) is 2.36. The van der Waals surface area contributed by atoms with Crippen LogP contribution in [0.1, 0.15) is 0 Å². The Morgan fingerprint density at radius 1 is 0.762 bits per heavy atom. The Hall–Kier alpha value is -3.02. The molecular weight excluding hydrogens is 272 g/mol. The van der Waals surface area contributed by atoms with Crippen molar-refractivity contribution >= 4 is 11.8 Å². The molecule has 0 aromatic heterocycles. The summed E-state index contributed by atoms with van der Waals surface area (Å²) in [6.07, 6.45) is 0. The van der Waals surface area contributed by atoms with Crippen LogP contribution in [0.4, 0.5) is 0 Å². The van der Waals surface area contributed by atoms with Crippen LogP contribution in [0, 0.1) is 0 Å². The van der Waals surface area contributed by atoms with Crippen molar-refractivity contribution in [1.82, 2.24) is 10.6 Å². The number of nitrogens with one attached hydrogen (secondary N) is 2. The van der Waals surface area contributed by atoms with Gasteiger partial charge in [0.1, 0.15) is 0 Å². The SMILES string of the molecule is O=C1NC2(NC1=O)Oc1ccc(-c3ccccc3)cc1O2. The molecule has 21 heavy (non-hydrogen) atoms. The van der Waals surface area contributed by atoms with Crippen LogP contribution in [0.25, 0.3) is 11.1 Å². The van der Waals surface area contributed by atoms with E-state index < -0.39 is 17.8 Å². The van der Waals surface area contributed by atoms with Crippen LogP contribution in [-0.2, 0) is 9.59 Å². The highest BCUT2D eigenvalue weighted by Gasteiger charge is 2.52. The van der Waals surface area contributed by atoms with E-state index >= 15 is 0 Å². The summed E-state index contributed by atoms with van der Waals surface area (Å²) >= 11 is 0. The van der Waals surface area contributed by atoms with Crippen LogP contribution in [-0.4, -0.2) is 17.8 Å². The molecule has 0 saturated carbocycles. The van der Waals surface area contributed by atoms with E-state index in [1.165, 1.54) is 0 Å². The predicted octanol–water partition coefficient (Wildman–Crippen LogP) is 0.982. The lowest BCUT2D eigenvalue weighted by Gasteiger charge is -2.19. The van der Waals surface area contributed by atoms with Crippen LogP contribution >= 0.6 is 0 Å². The maximum Gasteiger partial charge on any atom is 0.435 e. The second-order valence-electron chi connectivity index (χ2n) is 4.76. The molecule has 6 heteroatoms. The molecule has 1 saturated heterocycles. The summed E-state index contributed by atoms with van der Waals surface area (Å²) in [5.74, 6) is -0.659. The molecule has 104 valence electrons. The van der Waals surface area contributed by atoms with Crippen LogP contribution in [0.2, 0.25) is 0 Å². The van der Waals surface area contributed by atoms with Crippen LogP contribution in [0.3, 0.4) is 0 Å². The minimum absolute atomic E-state index is 0.456. The maximum absolute atomic E-state index is 11.3. The average molecular weight is 282 g/mol. The van der Waals surface area contributed by atoms with Crippen molar-refractivity contribution in [2.45, 2.75) is 6.03 Å². The van der Waals surface area contributed by atoms with E-state index in [1.807, 2.05) is 36.4 Å². The van der Waals surface area contributed by atoms with Crippen molar-refractivity contribution in [2.75, 3.05) is 0 Å². The van der Waals surface area contributed by atoms with Gasteiger partial charge in [-0.05, 0) is 23.3 Å². The molecule has 1 fully saturated rings. The Balaban J connectivity index is 1.68. The Kier molecular flexibility index (Phi) is 2.24. The van der Waals surface area contributed by atoms with E-state index in [9.17, 15) is 9.59 Å². The predicted molar refractivity (Wildman–Crippen MR) is 72.2 cm³/mol. The van der Waals surface area contributed by atoms with Gasteiger partial charge < -0.3 is 9.47 Å². The van der Waals surface area contributed by atoms with Crippen molar-refractivity contribution in [3.05, 3.63) is 48.5 Å². The second kappa shape index (κ2) is 3.99. The van der Waals surface area contributed by atoms with Gasteiger partial charge in [-0.25, -0.2) is 0 Å². The summed E-state index contributed by atoms with van der Waals surface area (Å²) in [6.45, 7) is 0. The summed E-state index contributed by atoms with van der Waals surface area (Å²) in [5, 5.41) is 4.68. The Labute approximate surface area is 119 Å². The molecule has 4 rings (SSSR count). The number of rotatable bonds is 1. The zero-order valence-corrected chi connectivity index (χ0v) is 10.8. The van der Waals surface area contributed by atoms with Crippen molar-refractivity contribution in [3.8, 4) is 22.6 Å². The van der Waals surface area contributed by atoms with E-state index in [1.54, 1.807) is 12.1 Å². The molecule has 0 unspecified atom stereocenters. The molecule has 0 aliphatic carbocycles. The molecule has 1 spiro atoms. The highest BCUT2D eigenvalue weighted by molar-refractivity contribution is 6.37. The monoisotopic (exact) mass is 282 g/mol. The normalized spacial score (nSPS) is 17.7. The Morgan fingerprint density at radius 2 is 1.43 bits per heavy atom. The number of carbonyl (C=O) groups is 2. The van der Waals surface area contributed by atoms with Crippen molar-refractivity contribution in [2.24, 2.45) is 0 Å². The quantitative estimate of drug-likeness (QED) is 0.764. The van der Waals surface area contributed by atoms with E-state index in [2.05, 4.69) is 10.6 Å². The molecule has 2 heterocycles. The first kappa shape index (κ1) is 11.8. The molecule has 2 amide bonds. The van der Waals surface area contributed by atoms with Gasteiger partial charge in [0.15, 0.2) is 11.5 Å². The van der Waals surface area contributed by atoms with Crippen molar-refractivity contribution in [1.29, 1.82) is 0 Å². The zero-order valence-electron chi connectivity index (χ0n) is 10.8. The highest BCUT2D eigenvalue weighted by Crippen LogP contribution is 2.40. The number of hydrogen-bond acceptors (Lipinski definition) is 4. The van der Waals surface area contributed by atoms with Gasteiger partial charge in [-0.15, -0.1) is 0 Å². The van der Waals surface area contributed by atoms with Gasteiger partial charge in [0.05, 0.1) is 0 Å². The summed E-state index contributed by atoms with van der Waals surface area (Å²) in [5.41, 5.74) is 1.98. The van der Waals surface area contributed by atoms with Gasteiger partial charge in [-0.2, -0.15) is 0 Å². The molecule has 6 nitrogen and oxygen atoms in total. The summed E-state index contributed by atoms with van der Waals surface area (Å²) in [7, 11) is 0. The number of ether oxygens (including phenoxy) is 2. The third kappa shape index (κ3) is 1.80. The topological polar surface area (TPSA) is 76.7 Å². The average Bonchev–Trinajstić information content (AvgIpc) is 2.97. The van der Waals surface area contributed by atoms with E-state index in [0.29, 0.717) is 11.5 Å². The lowest BCUT2D eigenvalue weighted by Crippen LogP contribution is -2.57. The fraction of sp³-hybridized carbons (Fsp3) is 0.0667. The number of carbonyl (C=O) groups excluding carboxylic acids is 2. The lowest BCUT2D eigenvalue weighted by atomic mass is 10.1. The van der Waals surface area contributed by atoms with Gasteiger partial charge in [-0.3, -0.25) is 20.2 Å². The van der Waals surface area contributed by atoms with E-state index in [0.717, 1.165) is 11.1 Å². The van der Waals surface area contributed by atoms with Gasteiger partial charge in [0.2, 0.25) is 0 Å². The van der Waals surface area contributed by atoms with Crippen molar-refractivity contribution < 1.29 is 19.1 Å². The second-order valence-corrected chi connectivity index (χ2v) is 4.76. The fourth-order valence-electron chi connectivity index (χ4n) is 2.36. The van der Waals surface area contributed by atoms with E-state index in [4.69, 9.17) is 9.47 Å². The van der Waals surface area contributed by atoms with Crippen LogP contribution in [0.5, 0.6) is 11.5 Å². The van der Waals surface area contributed by atoms with Crippen LogP contribution in [0.15, 0.2) is 48.5 Å². The molecule has 2 aromatic carbocycles. The molecule has 2 aliphatic heterocycles. The Bertz CT molecular complexity index is 742. The summed E-state index contributed by atoms with van der Waals surface area (Å²) in [4.78, 5) is 22.6. The van der Waals surface area contributed by atoms with Gasteiger partial charge in [0.25, 0.3) is 0 Å². The molecule has 0 atom stereocenters. The molecule has 2 N–H and O–H groups in total. The molecule has 0 radical (unpaired) electrons. The lowest BCUT2D eigenvalue weighted by molar-refractivity contribution is -0.135. The molecule has 2 aliphatic rings. The molecule has 0 bridgehead atoms. The first-order chi connectivity index (χ1) is 10.2. The molecular formula is C15H10N2O4. The smallest absolute Gasteiger partial charge is 0.414 e. The summed E-state index contributed by atoms with van der Waals surface area (Å²) < 4.78 is 11.1. The number of fused-ring (bicyclic) bond motifs is 1. The largest absolute Gasteiger partial charge is 0.435 e. The first-order valence-corrected chi connectivity index (χ1v) is 6.37. The highest BCUT2D eigenvalue weighted by atomic mass is 16.8. The third-order valence-electron chi connectivity index (χ3n) is 3.32. The third-order valence-corrected chi connectivity index (χ3v) is 3.32. The zero-order chi connectivity index (χ0) is 14.4. The minimum atomic E-state index is -1.62. The van der Waals surface area contributed by atoms with Crippen LogP contribution < -0.4 is 20.1 Å².